The van der Waals surface area contributed by atoms with Crippen LogP contribution in [0.5, 0.6) is 11.5 Å². The molecule has 0 saturated heterocycles. The Kier molecular flexibility index (Phi) is 4.88. The molecule has 0 heterocycles. The van der Waals surface area contributed by atoms with E-state index in [1.165, 1.54) is 0 Å². The zero-order chi connectivity index (χ0) is 15.4. The highest BCUT2D eigenvalue weighted by molar-refractivity contribution is 6.58. The van der Waals surface area contributed by atoms with Crippen molar-refractivity contribution in [2.45, 2.75) is 20.5 Å². The number of methoxy groups -OCH3 is 1. The van der Waals surface area contributed by atoms with Gasteiger partial charge >= 0.3 is 7.12 Å². The molecule has 0 aliphatic carbocycles. The highest BCUT2D eigenvalue weighted by Gasteiger charge is 2.12. The van der Waals surface area contributed by atoms with Crippen LogP contribution in [0, 0.1) is 13.8 Å². The van der Waals surface area contributed by atoms with Gasteiger partial charge in [-0.3, -0.25) is 0 Å². The first-order valence-corrected chi connectivity index (χ1v) is 6.74. The molecule has 5 heteroatoms. The average molecular weight is 286 g/mol. The fourth-order valence-electron chi connectivity index (χ4n) is 2.17. The lowest BCUT2D eigenvalue weighted by molar-refractivity contribution is 0.295. The molecule has 2 N–H and O–H groups in total. The predicted molar refractivity (Wildman–Crippen MR) is 83.1 cm³/mol. The molecule has 0 radical (unpaired) electrons. The molecular formula is C16H19BO4. The van der Waals surface area contributed by atoms with Crippen molar-refractivity contribution in [1.29, 1.82) is 0 Å². The van der Waals surface area contributed by atoms with E-state index in [2.05, 4.69) is 0 Å². The molecule has 0 amide bonds. The first-order valence-electron chi connectivity index (χ1n) is 6.74. The first-order chi connectivity index (χ1) is 10.0. The summed E-state index contributed by atoms with van der Waals surface area (Å²) in [6.07, 6.45) is 0. The second kappa shape index (κ2) is 6.65. The second-order valence-electron chi connectivity index (χ2n) is 5.00. The fraction of sp³-hybridized carbons (Fsp3) is 0.250. The maximum Gasteiger partial charge on any atom is 0.488 e. The van der Waals surface area contributed by atoms with Gasteiger partial charge in [-0.1, -0.05) is 23.8 Å². The van der Waals surface area contributed by atoms with Gasteiger partial charge in [0.1, 0.15) is 18.1 Å². The predicted octanol–water partition coefficient (Wildman–Crippen LogP) is 1.57. The van der Waals surface area contributed by atoms with Gasteiger partial charge in [-0.25, -0.2) is 0 Å². The topological polar surface area (TPSA) is 58.9 Å². The van der Waals surface area contributed by atoms with E-state index in [1.54, 1.807) is 25.3 Å². The van der Waals surface area contributed by atoms with E-state index >= 15 is 0 Å². The number of hydrogen-bond acceptors (Lipinski definition) is 4. The van der Waals surface area contributed by atoms with Gasteiger partial charge < -0.3 is 19.5 Å². The molecular weight excluding hydrogens is 267 g/mol. The minimum atomic E-state index is -1.46. The van der Waals surface area contributed by atoms with E-state index in [1.807, 2.05) is 32.0 Å². The van der Waals surface area contributed by atoms with Crippen LogP contribution in [0.15, 0.2) is 36.4 Å². The third kappa shape index (κ3) is 3.77. The number of benzene rings is 2. The summed E-state index contributed by atoms with van der Waals surface area (Å²) < 4.78 is 11.1. The van der Waals surface area contributed by atoms with E-state index in [-0.39, 0.29) is 0 Å². The molecule has 2 aromatic carbocycles. The first kappa shape index (κ1) is 15.4. The third-order valence-electron chi connectivity index (χ3n) is 3.32. The Morgan fingerprint density at radius 2 is 1.71 bits per heavy atom. The molecule has 0 saturated carbocycles. The van der Waals surface area contributed by atoms with Gasteiger partial charge in [0.25, 0.3) is 0 Å². The zero-order valence-corrected chi connectivity index (χ0v) is 12.5. The van der Waals surface area contributed by atoms with Crippen LogP contribution in [0.3, 0.4) is 0 Å². The van der Waals surface area contributed by atoms with Crippen LogP contribution in [-0.4, -0.2) is 24.3 Å². The lowest BCUT2D eigenvalue weighted by atomic mass is 9.79. The fourth-order valence-corrected chi connectivity index (χ4v) is 2.17. The smallest absolute Gasteiger partial charge is 0.488 e. The largest absolute Gasteiger partial charge is 0.496 e. The van der Waals surface area contributed by atoms with Crippen LogP contribution in [-0.2, 0) is 6.61 Å². The number of hydrogen-bond donors (Lipinski definition) is 2. The third-order valence-corrected chi connectivity index (χ3v) is 3.32. The van der Waals surface area contributed by atoms with Crippen molar-refractivity contribution in [3.63, 3.8) is 0 Å². The molecule has 0 fully saturated rings. The number of rotatable bonds is 5. The number of aryl methyl sites for hydroxylation is 2. The molecule has 0 aliphatic heterocycles. The molecule has 0 aromatic heterocycles. The molecule has 0 bridgehead atoms. The molecule has 2 aromatic rings. The maximum absolute atomic E-state index is 9.14. The summed E-state index contributed by atoms with van der Waals surface area (Å²) in [6.45, 7) is 4.28. The molecule has 21 heavy (non-hydrogen) atoms. The summed E-state index contributed by atoms with van der Waals surface area (Å²) in [5.74, 6) is 1.50. The van der Waals surface area contributed by atoms with E-state index in [4.69, 9.17) is 19.5 Å². The Balaban J connectivity index is 2.15. The van der Waals surface area contributed by atoms with Crippen molar-refractivity contribution in [3.8, 4) is 11.5 Å². The molecule has 2 rings (SSSR count). The minimum Gasteiger partial charge on any atom is -0.496 e. The summed E-state index contributed by atoms with van der Waals surface area (Å²) in [6, 6.07) is 11.0. The maximum atomic E-state index is 9.14. The lowest BCUT2D eigenvalue weighted by Gasteiger charge is -2.13. The van der Waals surface area contributed by atoms with Crippen LogP contribution in [0.4, 0.5) is 0 Å². The SMILES string of the molecule is COc1ccc(C)cc1COc1ccc(B(O)O)cc1C. The van der Waals surface area contributed by atoms with E-state index < -0.39 is 7.12 Å². The molecule has 0 aliphatic rings. The Morgan fingerprint density at radius 3 is 2.33 bits per heavy atom. The molecule has 4 nitrogen and oxygen atoms in total. The lowest BCUT2D eigenvalue weighted by Crippen LogP contribution is -2.29. The Bertz CT molecular complexity index is 626. The van der Waals surface area contributed by atoms with Crippen LogP contribution >= 0.6 is 0 Å². The van der Waals surface area contributed by atoms with Crippen LogP contribution in [0.25, 0.3) is 0 Å². The molecule has 0 unspecified atom stereocenters. The van der Waals surface area contributed by atoms with Gasteiger partial charge in [0.2, 0.25) is 0 Å². The van der Waals surface area contributed by atoms with Crippen molar-refractivity contribution in [2.24, 2.45) is 0 Å². The van der Waals surface area contributed by atoms with E-state index in [9.17, 15) is 0 Å². The van der Waals surface area contributed by atoms with Crippen molar-refractivity contribution in [2.75, 3.05) is 7.11 Å². The van der Waals surface area contributed by atoms with Crippen molar-refractivity contribution < 1.29 is 19.5 Å². The molecule has 0 spiro atoms. The molecule has 0 atom stereocenters. The Labute approximate surface area is 125 Å². The van der Waals surface area contributed by atoms with Crippen LogP contribution in [0.2, 0.25) is 0 Å². The number of ether oxygens (including phenoxy) is 2. The summed E-state index contributed by atoms with van der Waals surface area (Å²) >= 11 is 0. The van der Waals surface area contributed by atoms with Gasteiger partial charge in [0, 0.05) is 5.56 Å². The Hall–Kier alpha value is -1.98. The van der Waals surface area contributed by atoms with Crippen molar-refractivity contribution >= 4 is 12.6 Å². The minimum absolute atomic E-state index is 0.396. The van der Waals surface area contributed by atoms with Crippen LogP contribution in [0.1, 0.15) is 16.7 Å². The second-order valence-corrected chi connectivity index (χ2v) is 5.00. The van der Waals surface area contributed by atoms with Gasteiger partial charge in [-0.2, -0.15) is 0 Å². The standard InChI is InChI=1S/C16H19BO4/c1-11-4-6-16(20-3)13(8-11)10-21-15-7-5-14(17(18)19)9-12(15)2/h4-9,18-19H,10H2,1-3H3. The van der Waals surface area contributed by atoms with Crippen LogP contribution < -0.4 is 14.9 Å². The van der Waals surface area contributed by atoms with Gasteiger partial charge in [-0.05, 0) is 43.1 Å². The van der Waals surface area contributed by atoms with Crippen molar-refractivity contribution in [3.05, 3.63) is 53.1 Å². The Morgan fingerprint density at radius 1 is 1.00 bits per heavy atom. The average Bonchev–Trinajstić information content (AvgIpc) is 2.46. The summed E-state index contributed by atoms with van der Waals surface area (Å²) in [4.78, 5) is 0. The van der Waals surface area contributed by atoms with Crippen molar-refractivity contribution in [1.82, 2.24) is 0 Å². The highest BCUT2D eigenvalue weighted by Crippen LogP contribution is 2.23. The summed E-state index contributed by atoms with van der Waals surface area (Å²) in [7, 11) is 0.172. The van der Waals surface area contributed by atoms with E-state index in [0.717, 1.165) is 22.4 Å². The summed E-state index contributed by atoms with van der Waals surface area (Å²) in [5.41, 5.74) is 3.42. The summed E-state index contributed by atoms with van der Waals surface area (Å²) in [5, 5.41) is 18.3. The normalized spacial score (nSPS) is 10.3. The zero-order valence-electron chi connectivity index (χ0n) is 12.5. The van der Waals surface area contributed by atoms with Gasteiger partial charge in [0.05, 0.1) is 7.11 Å². The van der Waals surface area contributed by atoms with Gasteiger partial charge in [-0.15, -0.1) is 0 Å². The molecule has 110 valence electrons. The van der Waals surface area contributed by atoms with E-state index in [0.29, 0.717) is 17.8 Å². The quantitative estimate of drug-likeness (QED) is 0.819. The highest BCUT2D eigenvalue weighted by atomic mass is 16.5. The monoisotopic (exact) mass is 286 g/mol. The van der Waals surface area contributed by atoms with Gasteiger partial charge in [0.15, 0.2) is 0 Å².